The van der Waals surface area contributed by atoms with E-state index in [4.69, 9.17) is 0 Å². The van der Waals surface area contributed by atoms with E-state index in [1.54, 1.807) is 21.8 Å². The second-order valence-corrected chi connectivity index (χ2v) is 11.2. The number of rotatable bonds is 7. The second-order valence-electron chi connectivity index (χ2n) is 6.12. The standard InChI is InChI=1S/C14H22N2O4S3/c17-22(18,13-6-7-13)15-9-8-12-4-1-2-10-16(12)23(19,20)14-5-3-11-21-14/h3,5,11-13,15H,1-2,4,6-10H2. The molecule has 1 saturated carbocycles. The third-order valence-electron chi connectivity index (χ3n) is 4.38. The van der Waals surface area contributed by atoms with Crippen LogP contribution in [0.3, 0.4) is 0 Å². The van der Waals surface area contributed by atoms with Gasteiger partial charge in [0.1, 0.15) is 4.21 Å². The summed E-state index contributed by atoms with van der Waals surface area (Å²) in [7, 11) is -6.66. The van der Waals surface area contributed by atoms with Crippen molar-refractivity contribution in [3.05, 3.63) is 17.5 Å². The zero-order valence-corrected chi connectivity index (χ0v) is 15.3. The molecule has 1 unspecified atom stereocenters. The number of hydrogen-bond acceptors (Lipinski definition) is 5. The number of hydrogen-bond donors (Lipinski definition) is 1. The van der Waals surface area contributed by atoms with Crippen LogP contribution in [0.1, 0.15) is 38.5 Å². The van der Waals surface area contributed by atoms with E-state index in [1.807, 2.05) is 0 Å². The maximum atomic E-state index is 12.7. The van der Waals surface area contributed by atoms with Gasteiger partial charge in [0.25, 0.3) is 10.0 Å². The van der Waals surface area contributed by atoms with Crippen molar-refractivity contribution in [3.8, 4) is 0 Å². The third-order valence-corrected chi connectivity index (χ3v) is 9.66. The van der Waals surface area contributed by atoms with E-state index in [0.717, 1.165) is 32.1 Å². The Kier molecular flexibility index (Phi) is 5.12. The van der Waals surface area contributed by atoms with E-state index >= 15 is 0 Å². The molecule has 6 nitrogen and oxygen atoms in total. The largest absolute Gasteiger partial charge is 0.252 e. The summed E-state index contributed by atoms with van der Waals surface area (Å²) >= 11 is 1.22. The smallest absolute Gasteiger partial charge is 0.215 e. The minimum absolute atomic E-state index is 0.127. The Hall–Kier alpha value is -0.480. The molecule has 0 bridgehead atoms. The van der Waals surface area contributed by atoms with Gasteiger partial charge in [-0.1, -0.05) is 12.5 Å². The summed E-state index contributed by atoms with van der Waals surface area (Å²) in [4.78, 5) is 0. The molecule has 0 aromatic carbocycles. The van der Waals surface area contributed by atoms with Crippen LogP contribution in [0, 0.1) is 0 Å². The first kappa shape index (κ1) is 17.3. The molecular weight excluding hydrogens is 356 g/mol. The van der Waals surface area contributed by atoms with Gasteiger partial charge in [-0.2, -0.15) is 4.31 Å². The molecule has 3 rings (SSSR count). The van der Waals surface area contributed by atoms with E-state index < -0.39 is 20.0 Å². The van der Waals surface area contributed by atoms with Crippen molar-refractivity contribution >= 4 is 31.4 Å². The van der Waals surface area contributed by atoms with E-state index in [2.05, 4.69) is 4.72 Å². The minimum Gasteiger partial charge on any atom is -0.215 e. The van der Waals surface area contributed by atoms with Crippen LogP contribution in [0.2, 0.25) is 0 Å². The molecule has 2 heterocycles. The Labute approximate surface area is 142 Å². The molecule has 1 aromatic rings. The van der Waals surface area contributed by atoms with Gasteiger partial charge in [-0.25, -0.2) is 21.6 Å². The number of thiophene rings is 1. The third kappa shape index (κ3) is 3.96. The maximum Gasteiger partial charge on any atom is 0.252 e. The van der Waals surface area contributed by atoms with Gasteiger partial charge in [0, 0.05) is 19.1 Å². The molecule has 0 amide bonds. The van der Waals surface area contributed by atoms with Crippen LogP contribution in [-0.2, 0) is 20.0 Å². The lowest BCUT2D eigenvalue weighted by Crippen LogP contribution is -2.45. The molecule has 1 saturated heterocycles. The van der Waals surface area contributed by atoms with Gasteiger partial charge in [-0.15, -0.1) is 11.3 Å². The Morgan fingerprint density at radius 1 is 1.17 bits per heavy atom. The highest BCUT2D eigenvalue weighted by Crippen LogP contribution is 2.30. The molecule has 0 spiro atoms. The highest BCUT2D eigenvalue weighted by atomic mass is 32.2. The Bertz CT molecular complexity index is 724. The van der Waals surface area contributed by atoms with E-state index in [0.29, 0.717) is 23.7 Å². The number of piperidine rings is 1. The molecule has 1 N–H and O–H groups in total. The fraction of sp³-hybridized carbons (Fsp3) is 0.714. The van der Waals surface area contributed by atoms with Crippen LogP contribution in [-0.4, -0.2) is 45.5 Å². The van der Waals surface area contributed by atoms with Crippen LogP contribution in [0.15, 0.2) is 21.7 Å². The Balaban J connectivity index is 1.65. The first-order chi connectivity index (χ1) is 10.9. The second kappa shape index (κ2) is 6.79. The fourth-order valence-electron chi connectivity index (χ4n) is 2.97. The maximum absolute atomic E-state index is 12.7. The SMILES string of the molecule is O=S(=O)(NCCC1CCCCN1S(=O)(=O)c1cccs1)C1CC1. The van der Waals surface area contributed by atoms with E-state index in [-0.39, 0.29) is 11.3 Å². The predicted octanol–water partition coefficient (Wildman–Crippen LogP) is 1.76. The van der Waals surface area contributed by atoms with Gasteiger partial charge < -0.3 is 0 Å². The molecule has 1 aromatic heterocycles. The zero-order chi connectivity index (χ0) is 16.5. The molecule has 1 aliphatic carbocycles. The lowest BCUT2D eigenvalue weighted by molar-refractivity contribution is 0.242. The number of nitrogens with zero attached hydrogens (tertiary/aromatic N) is 1. The minimum atomic E-state index is -3.46. The van der Waals surface area contributed by atoms with Crippen molar-refractivity contribution < 1.29 is 16.8 Å². The van der Waals surface area contributed by atoms with Gasteiger partial charge >= 0.3 is 0 Å². The molecule has 2 fully saturated rings. The van der Waals surface area contributed by atoms with Gasteiger partial charge in [0.2, 0.25) is 10.0 Å². The van der Waals surface area contributed by atoms with Crippen LogP contribution >= 0.6 is 11.3 Å². The summed E-state index contributed by atoms with van der Waals surface area (Å²) in [6.45, 7) is 0.820. The molecule has 23 heavy (non-hydrogen) atoms. The number of sulfonamides is 2. The fourth-order valence-corrected chi connectivity index (χ4v) is 7.21. The summed E-state index contributed by atoms with van der Waals surface area (Å²) in [5, 5.41) is 1.52. The van der Waals surface area contributed by atoms with Gasteiger partial charge in [0.05, 0.1) is 5.25 Å². The average molecular weight is 379 g/mol. The highest BCUT2D eigenvalue weighted by molar-refractivity contribution is 7.91. The summed E-state index contributed by atoms with van der Waals surface area (Å²) in [5.41, 5.74) is 0. The number of nitrogens with one attached hydrogen (secondary N) is 1. The van der Waals surface area contributed by atoms with Crippen LogP contribution < -0.4 is 4.72 Å². The van der Waals surface area contributed by atoms with Gasteiger partial charge in [-0.05, 0) is 43.6 Å². The Morgan fingerprint density at radius 2 is 1.96 bits per heavy atom. The van der Waals surface area contributed by atoms with Gasteiger partial charge in [0.15, 0.2) is 0 Å². The first-order valence-corrected chi connectivity index (χ1v) is 11.8. The average Bonchev–Trinajstić information content (AvgIpc) is 3.23. The van der Waals surface area contributed by atoms with Crippen molar-refractivity contribution in [2.45, 2.75) is 54.0 Å². The first-order valence-electron chi connectivity index (χ1n) is 7.95. The van der Waals surface area contributed by atoms with Crippen molar-refractivity contribution in [2.24, 2.45) is 0 Å². The molecule has 1 atom stereocenters. The molecule has 9 heteroatoms. The summed E-state index contributed by atoms with van der Waals surface area (Å²) in [6, 6.07) is 3.24. The van der Waals surface area contributed by atoms with Crippen molar-refractivity contribution in [1.82, 2.24) is 9.03 Å². The summed E-state index contributed by atoms with van der Waals surface area (Å²) in [6.07, 6.45) is 4.62. The summed E-state index contributed by atoms with van der Waals surface area (Å²) < 4.78 is 53.7. The van der Waals surface area contributed by atoms with Crippen molar-refractivity contribution in [1.29, 1.82) is 0 Å². The van der Waals surface area contributed by atoms with Crippen LogP contribution in [0.5, 0.6) is 0 Å². The molecule has 0 radical (unpaired) electrons. The molecule has 130 valence electrons. The van der Waals surface area contributed by atoms with Gasteiger partial charge in [-0.3, -0.25) is 0 Å². The molecular formula is C14H22N2O4S3. The van der Waals surface area contributed by atoms with Crippen molar-refractivity contribution in [2.75, 3.05) is 13.1 Å². The van der Waals surface area contributed by atoms with Crippen LogP contribution in [0.4, 0.5) is 0 Å². The summed E-state index contributed by atoms with van der Waals surface area (Å²) in [5.74, 6) is 0. The van der Waals surface area contributed by atoms with Crippen LogP contribution in [0.25, 0.3) is 0 Å². The highest BCUT2D eigenvalue weighted by Gasteiger charge is 2.37. The predicted molar refractivity (Wildman–Crippen MR) is 90.4 cm³/mol. The van der Waals surface area contributed by atoms with E-state index in [9.17, 15) is 16.8 Å². The monoisotopic (exact) mass is 378 g/mol. The topological polar surface area (TPSA) is 83.6 Å². The zero-order valence-electron chi connectivity index (χ0n) is 12.8. The van der Waals surface area contributed by atoms with Crippen molar-refractivity contribution in [3.63, 3.8) is 0 Å². The lowest BCUT2D eigenvalue weighted by atomic mass is 10.0. The molecule has 1 aliphatic heterocycles. The van der Waals surface area contributed by atoms with E-state index in [1.165, 1.54) is 11.3 Å². The normalized spacial score (nSPS) is 23.9. The lowest BCUT2D eigenvalue weighted by Gasteiger charge is -2.34. The Morgan fingerprint density at radius 3 is 2.61 bits per heavy atom. The quantitative estimate of drug-likeness (QED) is 0.784. The molecule has 2 aliphatic rings.